The number of benzene rings is 1. The Bertz CT molecular complexity index is 1540. The van der Waals surface area contributed by atoms with Crippen molar-refractivity contribution in [2.45, 2.75) is 73.0 Å². The van der Waals surface area contributed by atoms with Crippen molar-refractivity contribution in [2.24, 2.45) is 13.0 Å². The number of aromatic amines is 1. The lowest BCUT2D eigenvalue weighted by Crippen LogP contribution is -2.40. The molecule has 0 fully saturated rings. The fourth-order valence-corrected chi connectivity index (χ4v) is 4.67. The van der Waals surface area contributed by atoms with Gasteiger partial charge in [-0.25, -0.2) is 9.78 Å². The lowest BCUT2D eigenvalue weighted by Gasteiger charge is -2.09. The van der Waals surface area contributed by atoms with Crippen LogP contribution in [-0.2, 0) is 44.3 Å². The van der Waals surface area contributed by atoms with E-state index in [0.29, 0.717) is 60.2 Å². The van der Waals surface area contributed by atoms with E-state index in [-0.39, 0.29) is 23.7 Å². The van der Waals surface area contributed by atoms with Crippen molar-refractivity contribution >= 4 is 17.1 Å². The SMILES string of the molecule is CCCn1c(=O)c2[nH]c(-c3cc(CNC(=O)Cc4ccc(CC(C)C)cc4)nn3C)nc2n(CCC)c1=O. The van der Waals surface area contributed by atoms with E-state index in [4.69, 9.17) is 0 Å². The Labute approximate surface area is 221 Å². The van der Waals surface area contributed by atoms with Crippen LogP contribution in [0.25, 0.3) is 22.7 Å². The summed E-state index contributed by atoms with van der Waals surface area (Å²) in [7, 11) is 1.78. The Hall–Kier alpha value is -3.95. The average molecular weight is 520 g/mol. The van der Waals surface area contributed by atoms with Gasteiger partial charge in [0.2, 0.25) is 5.91 Å². The van der Waals surface area contributed by atoms with Gasteiger partial charge >= 0.3 is 5.69 Å². The molecule has 4 rings (SSSR count). The van der Waals surface area contributed by atoms with Gasteiger partial charge < -0.3 is 10.3 Å². The second-order valence-corrected chi connectivity index (χ2v) is 10.2. The summed E-state index contributed by atoms with van der Waals surface area (Å²) in [4.78, 5) is 46.3. The molecule has 0 atom stereocenters. The molecule has 38 heavy (non-hydrogen) atoms. The number of nitrogens with zero attached hydrogens (tertiary/aromatic N) is 5. The highest BCUT2D eigenvalue weighted by Crippen LogP contribution is 2.19. The summed E-state index contributed by atoms with van der Waals surface area (Å²) < 4.78 is 4.47. The van der Waals surface area contributed by atoms with Crippen molar-refractivity contribution in [1.82, 2.24) is 34.2 Å². The van der Waals surface area contributed by atoms with E-state index < -0.39 is 0 Å². The minimum Gasteiger partial charge on any atom is -0.350 e. The van der Waals surface area contributed by atoms with Gasteiger partial charge in [-0.1, -0.05) is 52.0 Å². The zero-order valence-electron chi connectivity index (χ0n) is 22.9. The number of carbonyl (C=O) groups excluding carboxylic acids is 1. The molecule has 10 nitrogen and oxygen atoms in total. The van der Waals surface area contributed by atoms with E-state index in [0.717, 1.165) is 18.4 Å². The third-order valence-electron chi connectivity index (χ3n) is 6.43. The second-order valence-electron chi connectivity index (χ2n) is 10.2. The Kier molecular flexibility index (Phi) is 8.29. The highest BCUT2D eigenvalue weighted by atomic mass is 16.2. The van der Waals surface area contributed by atoms with Crippen LogP contribution in [0.15, 0.2) is 39.9 Å². The summed E-state index contributed by atoms with van der Waals surface area (Å²) >= 11 is 0. The summed E-state index contributed by atoms with van der Waals surface area (Å²) in [6.45, 7) is 9.36. The Morgan fingerprint density at radius 3 is 2.34 bits per heavy atom. The van der Waals surface area contributed by atoms with Crippen LogP contribution in [0.2, 0.25) is 0 Å². The van der Waals surface area contributed by atoms with Crippen LogP contribution in [-0.4, -0.2) is 34.8 Å². The third kappa shape index (κ3) is 5.79. The van der Waals surface area contributed by atoms with E-state index in [1.54, 1.807) is 16.3 Å². The van der Waals surface area contributed by atoms with Gasteiger partial charge in [-0.3, -0.25) is 23.4 Å². The minimum atomic E-state index is -0.371. The number of amides is 1. The van der Waals surface area contributed by atoms with Crippen LogP contribution < -0.4 is 16.6 Å². The van der Waals surface area contributed by atoms with Gasteiger partial charge in [0, 0.05) is 20.1 Å². The molecule has 0 bridgehead atoms. The Morgan fingerprint density at radius 2 is 1.68 bits per heavy atom. The summed E-state index contributed by atoms with van der Waals surface area (Å²) in [5.74, 6) is 0.954. The predicted octanol–water partition coefficient (Wildman–Crippen LogP) is 3.16. The monoisotopic (exact) mass is 519 g/mol. The smallest absolute Gasteiger partial charge is 0.332 e. The van der Waals surface area contributed by atoms with Crippen LogP contribution in [0.4, 0.5) is 0 Å². The number of aromatic nitrogens is 6. The van der Waals surface area contributed by atoms with Crippen LogP contribution in [0.3, 0.4) is 0 Å². The lowest BCUT2D eigenvalue weighted by atomic mass is 10.0. The molecule has 202 valence electrons. The maximum atomic E-state index is 13.0. The summed E-state index contributed by atoms with van der Waals surface area (Å²) in [6.07, 6.45) is 2.72. The summed E-state index contributed by atoms with van der Waals surface area (Å²) in [6, 6.07) is 10.00. The van der Waals surface area contributed by atoms with Crippen molar-refractivity contribution in [3.05, 3.63) is 68.0 Å². The molecule has 4 aromatic rings. The molecule has 0 spiro atoms. The molecule has 1 aromatic carbocycles. The first kappa shape index (κ1) is 27.1. The maximum Gasteiger partial charge on any atom is 0.332 e. The highest BCUT2D eigenvalue weighted by molar-refractivity contribution is 5.78. The molecule has 2 N–H and O–H groups in total. The van der Waals surface area contributed by atoms with Crippen LogP contribution in [0, 0.1) is 5.92 Å². The van der Waals surface area contributed by atoms with Crippen molar-refractivity contribution in [3.8, 4) is 11.5 Å². The van der Waals surface area contributed by atoms with E-state index in [1.165, 1.54) is 10.1 Å². The number of hydrogen-bond donors (Lipinski definition) is 2. The van der Waals surface area contributed by atoms with Gasteiger partial charge in [-0.05, 0) is 42.4 Å². The van der Waals surface area contributed by atoms with Gasteiger partial charge in [0.1, 0.15) is 11.2 Å². The summed E-state index contributed by atoms with van der Waals surface area (Å²) in [5.41, 5.74) is 3.49. The first-order valence-corrected chi connectivity index (χ1v) is 13.3. The van der Waals surface area contributed by atoms with E-state index >= 15 is 0 Å². The maximum absolute atomic E-state index is 13.0. The highest BCUT2D eigenvalue weighted by Gasteiger charge is 2.19. The third-order valence-corrected chi connectivity index (χ3v) is 6.43. The molecule has 0 aliphatic heterocycles. The number of carbonyl (C=O) groups is 1. The van der Waals surface area contributed by atoms with Gasteiger partial charge in [0.25, 0.3) is 5.56 Å². The van der Waals surface area contributed by atoms with Gasteiger partial charge in [-0.2, -0.15) is 5.10 Å². The van der Waals surface area contributed by atoms with Gasteiger partial charge in [0.15, 0.2) is 11.5 Å². The molecular weight excluding hydrogens is 482 g/mol. The molecule has 0 aliphatic carbocycles. The fraction of sp³-hybridized carbons (Fsp3) is 0.464. The quantitative estimate of drug-likeness (QED) is 0.315. The molecular formula is C28H37N7O3. The molecule has 10 heteroatoms. The molecule has 1 amide bonds. The molecule has 0 unspecified atom stereocenters. The molecule has 3 heterocycles. The molecule has 0 aliphatic rings. The predicted molar refractivity (Wildman–Crippen MR) is 148 cm³/mol. The first-order chi connectivity index (χ1) is 18.2. The van der Waals surface area contributed by atoms with Gasteiger partial charge in [0.05, 0.1) is 18.7 Å². The molecule has 0 saturated heterocycles. The number of aryl methyl sites for hydroxylation is 2. The topological polar surface area (TPSA) is 120 Å². The van der Waals surface area contributed by atoms with E-state index in [9.17, 15) is 14.4 Å². The van der Waals surface area contributed by atoms with Crippen LogP contribution in [0.1, 0.15) is 57.4 Å². The fourth-order valence-electron chi connectivity index (χ4n) is 4.67. The zero-order chi connectivity index (χ0) is 27.4. The van der Waals surface area contributed by atoms with Crippen LogP contribution >= 0.6 is 0 Å². The van der Waals surface area contributed by atoms with E-state index in [2.05, 4.69) is 46.4 Å². The molecule has 0 radical (unpaired) electrons. The standard InChI is InChI=1S/C28H37N7O3/c1-6-12-34-26-24(27(37)35(13-7-2)28(34)38)30-25(31-26)22-16-21(32-33(22)5)17-29-23(36)15-20-10-8-19(9-11-20)14-18(3)4/h8-11,16,18H,6-7,12-15,17H2,1-5H3,(H,29,36)(H,30,31). The second kappa shape index (κ2) is 11.6. The zero-order valence-corrected chi connectivity index (χ0v) is 22.9. The van der Waals surface area contributed by atoms with Gasteiger partial charge in [-0.15, -0.1) is 0 Å². The Balaban J connectivity index is 1.51. The van der Waals surface area contributed by atoms with Crippen molar-refractivity contribution in [1.29, 1.82) is 0 Å². The largest absolute Gasteiger partial charge is 0.350 e. The van der Waals surface area contributed by atoms with E-state index in [1.807, 2.05) is 32.0 Å². The Morgan fingerprint density at radius 1 is 1.03 bits per heavy atom. The number of nitrogens with one attached hydrogen (secondary N) is 2. The summed E-state index contributed by atoms with van der Waals surface area (Å²) in [5, 5.41) is 7.44. The average Bonchev–Trinajstić information content (AvgIpc) is 3.48. The first-order valence-electron chi connectivity index (χ1n) is 13.3. The number of rotatable bonds is 11. The number of H-pyrrole nitrogens is 1. The van der Waals surface area contributed by atoms with Crippen molar-refractivity contribution in [2.75, 3.05) is 0 Å². The van der Waals surface area contributed by atoms with Crippen LogP contribution in [0.5, 0.6) is 0 Å². The molecule has 3 aromatic heterocycles. The number of hydrogen-bond acceptors (Lipinski definition) is 5. The lowest BCUT2D eigenvalue weighted by molar-refractivity contribution is -0.120. The van der Waals surface area contributed by atoms with Crippen molar-refractivity contribution < 1.29 is 4.79 Å². The molecule has 0 saturated carbocycles. The number of imidazole rings is 1. The number of fused-ring (bicyclic) bond motifs is 1. The van der Waals surface area contributed by atoms with Crippen molar-refractivity contribution in [3.63, 3.8) is 0 Å². The normalized spacial score (nSPS) is 11.5. The minimum absolute atomic E-state index is 0.0855.